The van der Waals surface area contributed by atoms with Crippen LogP contribution in [0, 0.1) is 5.92 Å². The van der Waals surface area contributed by atoms with Gasteiger partial charge in [-0.2, -0.15) is 0 Å². The van der Waals surface area contributed by atoms with E-state index in [2.05, 4.69) is 51.1 Å². The fourth-order valence-electron chi connectivity index (χ4n) is 15.8. The summed E-state index contributed by atoms with van der Waals surface area (Å²) in [5, 5.41) is 155. The minimum absolute atomic E-state index is 0.0525. The number of carboxylic acids is 1. The van der Waals surface area contributed by atoms with Gasteiger partial charge in [0, 0.05) is 54.3 Å². The first-order valence-electron chi connectivity index (χ1n) is 41.5. The maximum absolute atomic E-state index is 16.8. The van der Waals surface area contributed by atoms with Gasteiger partial charge in [-0.3, -0.25) is 38.5 Å². The molecule has 7 aromatic rings. The van der Waals surface area contributed by atoms with Crippen LogP contribution in [-0.4, -0.2) is 225 Å². The summed E-state index contributed by atoms with van der Waals surface area (Å²) in [7, 11) is 2.16. The number of esters is 1. The first kappa shape index (κ1) is 95.1. The van der Waals surface area contributed by atoms with E-state index in [1.165, 1.54) is 37.4 Å². The summed E-state index contributed by atoms with van der Waals surface area (Å²) in [4.78, 5) is 153. The number of nitrogens with zero attached hydrogens (tertiary/aromatic N) is 1. The molecule has 18 atom stereocenters. The predicted molar refractivity (Wildman–Crippen MR) is 453 cm³/mol. The lowest BCUT2D eigenvalue weighted by atomic mass is 9.89. The molecular weight excluding hydrogens is 1750 g/mol. The molecule has 39 nitrogen and oxygen atoms in total. The van der Waals surface area contributed by atoms with E-state index < -0.39 is 294 Å². The van der Waals surface area contributed by atoms with Crippen molar-refractivity contribution in [3.8, 4) is 80.1 Å². The van der Waals surface area contributed by atoms with Gasteiger partial charge in [0.1, 0.15) is 131 Å². The van der Waals surface area contributed by atoms with Crippen molar-refractivity contribution >= 4 is 82.6 Å². The number of unbranched alkanes of at least 4 members (excludes halogenated alkanes) is 5. The Morgan fingerprint density at radius 1 is 0.569 bits per heavy atom. The third kappa shape index (κ3) is 21.0. The van der Waals surface area contributed by atoms with Gasteiger partial charge in [0.25, 0.3) is 0 Å². The van der Waals surface area contributed by atoms with Crippen molar-refractivity contribution in [2.24, 2.45) is 5.92 Å². The number of rotatable bonds is 18. The standard InChI is InChI=1S/C89H98Cl2N8O31/c1-37(2)14-12-10-8-9-11-13-15-60(105)93-68-72(108)74(110)77(85(120)122-7)129-86(68)128-76-57-30-42-31-58(76)125-54-25-20-41(28-49(54)90)70(106)67-82(116)97-66(84(118)119)47-32-43(101)33-56(126-87-75(111)73(109)71(107)59(36-100)127-87)61(47)46-27-39(18-23-51(46)102)63(79(113)98-67)94-80(114)64(42)95-81(115)65-48-34-45(35-53(104)62(48)91)124-55-29-40(19-24-52(55)103)69(99(6)88(121)130-89(3,4)5)83(117)92-50(78(112)96-65)26-38-16-21-44(123-57)22-17-38/h16-25,27-35,37,50,59,63-75,77,86-87,100-104,106-111H,8-15,26,36H2,1-7H3,(H,92,117)(H,93,105)(H,94,114)(H,95,115)(H,96,112)(H,97,116)(H,98,113)(H,118,119)/t50-,59-,63-,64-,65+,66+,67+,68-,69+,70-,71-,72-,73+,74+,75+,77+,86-,87+/m1/s1. The smallest absolute Gasteiger partial charge is 0.410 e. The highest BCUT2D eigenvalue weighted by atomic mass is 35.5. The highest BCUT2D eigenvalue weighted by Crippen LogP contribution is 2.51. The molecule has 0 saturated carbocycles. The van der Waals surface area contributed by atoms with Gasteiger partial charge in [-0.05, 0) is 134 Å². The molecule has 8 amide bonds. The Morgan fingerprint density at radius 3 is 1.88 bits per heavy atom. The van der Waals surface area contributed by atoms with Gasteiger partial charge in [-0.15, -0.1) is 0 Å². The van der Waals surface area contributed by atoms with E-state index in [-0.39, 0.29) is 28.9 Å². The molecule has 7 aromatic carbocycles. The van der Waals surface area contributed by atoms with Crippen LogP contribution in [0.15, 0.2) is 115 Å². The third-order valence-electron chi connectivity index (χ3n) is 22.6. The molecule has 0 aromatic heterocycles. The number of phenolic OH excluding ortho intramolecular Hbond substituents is 4. The number of nitrogens with one attached hydrogen (secondary N) is 7. The molecule has 0 spiro atoms. The van der Waals surface area contributed by atoms with Crippen LogP contribution in [0.5, 0.6) is 69.0 Å². The number of aromatic hydroxyl groups is 4. The molecule has 2 saturated heterocycles. The highest BCUT2D eigenvalue weighted by Gasteiger charge is 2.52. The zero-order valence-electron chi connectivity index (χ0n) is 70.8. The van der Waals surface area contributed by atoms with Crippen molar-refractivity contribution in [1.29, 1.82) is 0 Å². The Morgan fingerprint density at radius 2 is 1.20 bits per heavy atom. The first-order valence-corrected chi connectivity index (χ1v) is 42.3. The molecule has 0 aliphatic carbocycles. The maximum atomic E-state index is 16.8. The second-order valence-corrected chi connectivity index (χ2v) is 34.3. The van der Waals surface area contributed by atoms with Crippen LogP contribution < -0.4 is 60.9 Å². The largest absolute Gasteiger partial charge is 0.508 e. The van der Waals surface area contributed by atoms with Gasteiger partial charge in [0.15, 0.2) is 35.1 Å². The van der Waals surface area contributed by atoms with Crippen LogP contribution >= 0.6 is 23.2 Å². The fourth-order valence-corrected chi connectivity index (χ4v) is 16.3. The Kier molecular flexibility index (Phi) is 29.1. The Bertz CT molecular complexity index is 5500. The lowest BCUT2D eigenvalue weighted by molar-refractivity contribution is -0.277. The number of methoxy groups -OCH3 is 1. The van der Waals surface area contributed by atoms with Crippen LogP contribution in [0.25, 0.3) is 11.1 Å². The number of carbonyl (C=O) groups is 10. The molecule has 0 radical (unpaired) electrons. The monoisotopic (exact) mass is 1840 g/mol. The normalized spacial score (nSPS) is 25.6. The quantitative estimate of drug-likeness (QED) is 0.0350. The molecule has 8 aliphatic heterocycles. The number of hydrogen-bond donors (Lipinski definition) is 19. The summed E-state index contributed by atoms with van der Waals surface area (Å²) in [6.07, 6.45) is -17.2. The summed E-state index contributed by atoms with van der Waals surface area (Å²) in [5.41, 5.74) is -4.86. The van der Waals surface area contributed by atoms with E-state index in [1.54, 1.807) is 20.8 Å². The Labute approximate surface area is 751 Å². The average molecular weight is 1850 g/mol. The van der Waals surface area contributed by atoms with Crippen LogP contribution in [0.1, 0.15) is 161 Å². The molecule has 15 rings (SSSR count). The molecule has 694 valence electrons. The van der Waals surface area contributed by atoms with Crippen molar-refractivity contribution in [3.63, 3.8) is 0 Å². The SMILES string of the molecule is COC(=O)[C@H]1O[C@@H](Oc2c3cc4cc2Oc2ccc(cc2Cl)[C@@H](O)[C@@H]2NC(=O)[C@H](NC(=O)[C@@H]4NC(=O)[C@H]4NC(=O)[C@@H](Cc5ccc(cc5)O3)NC(=O)[C@@H](N(C)C(=O)OC(C)(C)C)c3ccc(O)c(c3)Oc3cc(O)c(Cl)c4c3)c3ccc(O)c(c3)-c3c(O[C@H]4O[C@H](CO)[C@@H](O)[C@H](O)[C@@H]4O)cc(O)cc3[C@@H](C(=O)O)NC2=O)[C@H](NC(=O)CCCCCCCCC(C)C)[C@@H](O)[C@@H]1O. The Balaban J connectivity index is 1.04. The van der Waals surface area contributed by atoms with E-state index in [0.717, 1.165) is 129 Å². The van der Waals surface area contributed by atoms with Crippen molar-refractivity contribution in [2.45, 2.75) is 208 Å². The van der Waals surface area contributed by atoms with Crippen molar-refractivity contribution in [3.05, 3.63) is 164 Å². The number of aliphatic hydroxyl groups excluding tert-OH is 7. The number of halogens is 2. The average Bonchev–Trinajstić information content (AvgIpc) is 0.717. The van der Waals surface area contributed by atoms with Gasteiger partial charge >= 0.3 is 18.0 Å². The number of phenols is 4. The minimum atomic E-state index is -2.50. The van der Waals surface area contributed by atoms with Crippen molar-refractivity contribution < 1.29 is 152 Å². The van der Waals surface area contributed by atoms with E-state index in [9.17, 15) is 80.5 Å². The summed E-state index contributed by atoms with van der Waals surface area (Å²) in [6.45, 7) is 7.94. The molecular formula is C89H98Cl2N8O31. The summed E-state index contributed by atoms with van der Waals surface area (Å²) in [6, 6.07) is 3.18. The van der Waals surface area contributed by atoms with E-state index in [4.69, 9.17) is 65.8 Å². The maximum Gasteiger partial charge on any atom is 0.410 e. The number of amides is 8. The zero-order chi connectivity index (χ0) is 93.9. The molecule has 17 bridgehead atoms. The van der Waals surface area contributed by atoms with Gasteiger partial charge in [0.2, 0.25) is 59.7 Å². The molecule has 41 heteroatoms. The second kappa shape index (κ2) is 39.8. The number of fused-ring (bicyclic) bond motifs is 14. The fraction of sp³-hybridized carbons (Fsp3) is 0.416. The number of carbonyl (C=O) groups excluding carboxylic acids is 9. The lowest BCUT2D eigenvalue weighted by Gasteiger charge is -2.41. The topological polar surface area (TPSA) is 584 Å². The lowest BCUT2D eigenvalue weighted by Crippen LogP contribution is -2.66. The Hall–Kier alpha value is -12.5. The number of aliphatic hydroxyl groups is 7. The number of ether oxygens (including phenoxy) is 9. The molecule has 130 heavy (non-hydrogen) atoms. The van der Waals surface area contributed by atoms with E-state index in [1.807, 2.05) is 0 Å². The summed E-state index contributed by atoms with van der Waals surface area (Å²) >= 11 is 14.3. The first-order chi connectivity index (χ1) is 61.7. The van der Waals surface area contributed by atoms with Crippen LogP contribution in [0.3, 0.4) is 0 Å². The van der Waals surface area contributed by atoms with Crippen LogP contribution in [0.4, 0.5) is 4.79 Å². The number of benzene rings is 7. The van der Waals surface area contributed by atoms with E-state index >= 15 is 28.8 Å². The third-order valence-corrected chi connectivity index (χ3v) is 23.3. The summed E-state index contributed by atoms with van der Waals surface area (Å²) < 4.78 is 55.3. The van der Waals surface area contributed by atoms with Gasteiger partial charge < -0.3 is 141 Å². The predicted octanol–water partition coefficient (Wildman–Crippen LogP) is 5.92. The zero-order valence-corrected chi connectivity index (χ0v) is 72.3. The van der Waals surface area contributed by atoms with Crippen LogP contribution in [-0.2, 0) is 68.5 Å². The minimum Gasteiger partial charge on any atom is -0.508 e. The number of carboxylic acid groups (broad SMARTS) is 1. The molecule has 19 N–H and O–H groups in total. The van der Waals surface area contributed by atoms with Crippen LogP contribution in [0.2, 0.25) is 10.0 Å². The second-order valence-electron chi connectivity index (χ2n) is 33.5. The number of likely N-dealkylation sites (N-methyl/N-ethyl adjacent to an activating group) is 1. The van der Waals surface area contributed by atoms with Crippen molar-refractivity contribution in [1.82, 2.24) is 42.1 Å². The molecule has 2 fully saturated rings. The summed E-state index contributed by atoms with van der Waals surface area (Å²) in [5.74, 6) is -19.2. The number of aliphatic carboxylic acids is 1. The van der Waals surface area contributed by atoms with Crippen molar-refractivity contribution in [2.75, 3.05) is 20.8 Å². The highest BCUT2D eigenvalue weighted by molar-refractivity contribution is 6.33. The molecule has 8 heterocycles. The van der Waals surface area contributed by atoms with Gasteiger partial charge in [-0.25, -0.2) is 14.4 Å². The van der Waals surface area contributed by atoms with E-state index in [0.29, 0.717) is 18.8 Å². The molecule has 0 unspecified atom stereocenters. The van der Waals surface area contributed by atoms with Gasteiger partial charge in [-0.1, -0.05) is 106 Å². The van der Waals surface area contributed by atoms with Gasteiger partial charge in [0.05, 0.1) is 23.8 Å². The number of hydrogen-bond acceptors (Lipinski definition) is 30. The molecule has 8 aliphatic rings.